The van der Waals surface area contributed by atoms with Gasteiger partial charge < -0.3 is 4.57 Å². The number of hydrogen-bond acceptors (Lipinski definition) is 3. The molecule has 2 heterocycles. The molecular weight excluding hydrogens is 328 g/mol. The van der Waals surface area contributed by atoms with Crippen molar-refractivity contribution >= 4 is 23.2 Å². The van der Waals surface area contributed by atoms with Crippen LogP contribution in [0.15, 0.2) is 36.8 Å². The second kappa shape index (κ2) is 6.46. The summed E-state index contributed by atoms with van der Waals surface area (Å²) in [6.45, 7) is 0.0453. The SMILES string of the molecule is FCCc1nccn1Cc1cn(-c2ccc(Cl)c(Cl)c2)nn1. The summed E-state index contributed by atoms with van der Waals surface area (Å²) < 4.78 is 15.9. The van der Waals surface area contributed by atoms with Gasteiger partial charge >= 0.3 is 0 Å². The standard InChI is InChI=1S/C14H12Cl2FN5/c15-12-2-1-11(7-13(12)16)22-9-10(19-20-22)8-21-6-5-18-14(21)3-4-17/h1-2,5-7,9H,3-4,8H2. The second-order valence-corrected chi connectivity index (χ2v) is 5.48. The summed E-state index contributed by atoms with van der Waals surface area (Å²) >= 11 is 11.9. The minimum absolute atomic E-state index is 0.286. The predicted molar refractivity (Wildman–Crippen MR) is 82.4 cm³/mol. The second-order valence-electron chi connectivity index (χ2n) is 4.66. The number of aryl methyl sites for hydroxylation is 1. The zero-order chi connectivity index (χ0) is 15.5. The molecule has 0 spiro atoms. The maximum atomic E-state index is 12.5. The van der Waals surface area contributed by atoms with Gasteiger partial charge in [0.1, 0.15) is 11.5 Å². The molecule has 1 aromatic carbocycles. The van der Waals surface area contributed by atoms with Crippen molar-refractivity contribution in [3.63, 3.8) is 0 Å². The summed E-state index contributed by atoms with van der Waals surface area (Å²) in [5, 5.41) is 9.13. The lowest BCUT2D eigenvalue weighted by Gasteiger charge is -2.03. The van der Waals surface area contributed by atoms with Crippen LogP contribution >= 0.6 is 23.2 Å². The number of hydrogen-bond donors (Lipinski definition) is 0. The van der Waals surface area contributed by atoms with E-state index in [0.29, 0.717) is 22.4 Å². The summed E-state index contributed by atoms with van der Waals surface area (Å²) in [7, 11) is 0. The van der Waals surface area contributed by atoms with Gasteiger partial charge in [0.25, 0.3) is 0 Å². The van der Waals surface area contributed by atoms with Gasteiger partial charge in [-0.15, -0.1) is 5.10 Å². The van der Waals surface area contributed by atoms with E-state index in [1.54, 1.807) is 41.5 Å². The molecule has 0 saturated heterocycles. The van der Waals surface area contributed by atoms with Gasteiger partial charge in [-0.1, -0.05) is 28.4 Å². The third-order valence-electron chi connectivity index (χ3n) is 3.16. The molecule has 3 aromatic rings. The molecule has 0 aliphatic carbocycles. The first kappa shape index (κ1) is 15.0. The Labute approximate surface area is 136 Å². The Bertz CT molecular complexity index is 783. The number of alkyl halides is 1. The Morgan fingerprint density at radius 2 is 2.05 bits per heavy atom. The van der Waals surface area contributed by atoms with Crippen LogP contribution in [-0.2, 0) is 13.0 Å². The first-order valence-electron chi connectivity index (χ1n) is 6.60. The molecular formula is C14H12Cl2FN5. The van der Waals surface area contributed by atoms with Crippen LogP contribution in [0.2, 0.25) is 10.0 Å². The maximum Gasteiger partial charge on any atom is 0.111 e. The average molecular weight is 340 g/mol. The molecule has 0 aliphatic rings. The number of halogens is 3. The van der Waals surface area contributed by atoms with Crippen molar-refractivity contribution in [1.82, 2.24) is 24.5 Å². The van der Waals surface area contributed by atoms with Crippen LogP contribution in [0.3, 0.4) is 0 Å². The largest absolute Gasteiger partial charge is 0.329 e. The summed E-state index contributed by atoms with van der Waals surface area (Å²) in [4.78, 5) is 4.12. The van der Waals surface area contributed by atoms with Gasteiger partial charge in [0.15, 0.2) is 0 Å². The number of rotatable bonds is 5. The molecule has 5 nitrogen and oxygen atoms in total. The van der Waals surface area contributed by atoms with Crippen LogP contribution in [0.5, 0.6) is 0 Å². The van der Waals surface area contributed by atoms with E-state index in [9.17, 15) is 4.39 Å². The number of imidazole rings is 1. The van der Waals surface area contributed by atoms with E-state index < -0.39 is 6.67 Å². The van der Waals surface area contributed by atoms with Gasteiger partial charge in [-0.05, 0) is 18.2 Å². The van der Waals surface area contributed by atoms with E-state index in [1.807, 2.05) is 4.57 Å². The van der Waals surface area contributed by atoms with E-state index in [0.717, 1.165) is 11.4 Å². The van der Waals surface area contributed by atoms with Crippen molar-refractivity contribution in [2.24, 2.45) is 0 Å². The highest BCUT2D eigenvalue weighted by Crippen LogP contribution is 2.24. The summed E-state index contributed by atoms with van der Waals surface area (Å²) in [6, 6.07) is 5.22. The minimum atomic E-state index is -0.438. The Kier molecular flexibility index (Phi) is 4.40. The smallest absolute Gasteiger partial charge is 0.111 e. The van der Waals surface area contributed by atoms with Gasteiger partial charge in [0.05, 0.1) is 35.1 Å². The molecule has 3 rings (SSSR count). The zero-order valence-corrected chi connectivity index (χ0v) is 13.0. The maximum absolute atomic E-state index is 12.5. The lowest BCUT2D eigenvalue weighted by atomic mass is 10.3. The Hall–Kier alpha value is -1.92. The first-order valence-corrected chi connectivity index (χ1v) is 7.35. The first-order chi connectivity index (χ1) is 10.7. The van der Waals surface area contributed by atoms with Gasteiger partial charge in [0.2, 0.25) is 0 Å². The number of nitrogens with zero attached hydrogens (tertiary/aromatic N) is 5. The third-order valence-corrected chi connectivity index (χ3v) is 3.90. The Morgan fingerprint density at radius 3 is 2.82 bits per heavy atom. The summed E-state index contributed by atoms with van der Waals surface area (Å²) in [6.07, 6.45) is 5.52. The van der Waals surface area contributed by atoms with Crippen LogP contribution < -0.4 is 0 Å². The molecule has 8 heteroatoms. The fourth-order valence-corrected chi connectivity index (χ4v) is 2.39. The van der Waals surface area contributed by atoms with E-state index in [1.165, 1.54) is 0 Å². The minimum Gasteiger partial charge on any atom is -0.329 e. The lowest BCUT2D eigenvalue weighted by Crippen LogP contribution is -2.05. The molecule has 0 radical (unpaired) electrons. The molecule has 2 aromatic heterocycles. The van der Waals surface area contributed by atoms with Crippen LogP contribution in [0, 0.1) is 0 Å². The van der Waals surface area contributed by atoms with E-state index in [2.05, 4.69) is 15.3 Å². The molecule has 0 unspecified atom stereocenters. The van der Waals surface area contributed by atoms with Crippen LogP contribution in [0.1, 0.15) is 11.5 Å². The Morgan fingerprint density at radius 1 is 1.18 bits per heavy atom. The molecule has 0 aliphatic heterocycles. The van der Waals surface area contributed by atoms with Gasteiger partial charge in [-0.2, -0.15) is 0 Å². The van der Waals surface area contributed by atoms with Crippen molar-refractivity contribution in [2.45, 2.75) is 13.0 Å². The molecule has 114 valence electrons. The van der Waals surface area contributed by atoms with Gasteiger partial charge in [-0.3, -0.25) is 4.39 Å². The van der Waals surface area contributed by atoms with Crippen LogP contribution in [-0.4, -0.2) is 31.2 Å². The normalized spacial score (nSPS) is 11.0. The average Bonchev–Trinajstić information content (AvgIpc) is 3.13. The fourth-order valence-electron chi connectivity index (χ4n) is 2.10. The van der Waals surface area contributed by atoms with Crippen molar-refractivity contribution in [3.05, 3.63) is 58.4 Å². The molecule has 0 N–H and O–H groups in total. The monoisotopic (exact) mass is 339 g/mol. The molecule has 22 heavy (non-hydrogen) atoms. The van der Waals surface area contributed by atoms with Crippen molar-refractivity contribution < 1.29 is 4.39 Å². The number of benzene rings is 1. The van der Waals surface area contributed by atoms with Gasteiger partial charge in [0, 0.05) is 18.8 Å². The predicted octanol–water partition coefficient (Wildman–Crippen LogP) is 3.33. The Balaban J connectivity index is 1.81. The van der Waals surface area contributed by atoms with Crippen molar-refractivity contribution in [1.29, 1.82) is 0 Å². The highest BCUT2D eigenvalue weighted by Gasteiger charge is 2.08. The quantitative estimate of drug-likeness (QED) is 0.716. The molecule has 0 saturated carbocycles. The fraction of sp³-hybridized carbons (Fsp3) is 0.214. The van der Waals surface area contributed by atoms with E-state index in [4.69, 9.17) is 23.2 Å². The number of aromatic nitrogens is 5. The van der Waals surface area contributed by atoms with Crippen LogP contribution in [0.4, 0.5) is 4.39 Å². The topological polar surface area (TPSA) is 48.5 Å². The highest BCUT2D eigenvalue weighted by atomic mass is 35.5. The molecule has 0 amide bonds. The van der Waals surface area contributed by atoms with Crippen molar-refractivity contribution in [3.8, 4) is 5.69 Å². The summed E-state index contributed by atoms with van der Waals surface area (Å²) in [5.74, 6) is 0.687. The molecule has 0 atom stereocenters. The highest BCUT2D eigenvalue weighted by molar-refractivity contribution is 6.42. The van der Waals surface area contributed by atoms with E-state index in [-0.39, 0.29) is 6.42 Å². The molecule has 0 bridgehead atoms. The van der Waals surface area contributed by atoms with Crippen LogP contribution in [0.25, 0.3) is 5.69 Å². The zero-order valence-electron chi connectivity index (χ0n) is 11.5. The summed E-state index contributed by atoms with van der Waals surface area (Å²) in [5.41, 5.74) is 1.51. The lowest BCUT2D eigenvalue weighted by molar-refractivity contribution is 0.480. The molecule has 0 fully saturated rings. The van der Waals surface area contributed by atoms with Gasteiger partial charge in [-0.25, -0.2) is 9.67 Å². The third kappa shape index (κ3) is 3.13. The van der Waals surface area contributed by atoms with E-state index >= 15 is 0 Å². The van der Waals surface area contributed by atoms with Crippen molar-refractivity contribution in [2.75, 3.05) is 6.67 Å².